The van der Waals surface area contributed by atoms with Gasteiger partial charge in [-0.2, -0.15) is 0 Å². The van der Waals surface area contributed by atoms with Crippen LogP contribution < -0.4 is 10.4 Å². The molecule has 1 aromatic heterocycles. The summed E-state index contributed by atoms with van der Waals surface area (Å²) in [6.45, 7) is 1.42. The first-order chi connectivity index (χ1) is 12.4. The van der Waals surface area contributed by atoms with Gasteiger partial charge in [-0.15, -0.1) is 0 Å². The van der Waals surface area contributed by atoms with E-state index in [1.54, 1.807) is 13.0 Å². The quantitative estimate of drug-likeness (QED) is 0.547. The zero-order valence-corrected chi connectivity index (χ0v) is 14.1. The van der Waals surface area contributed by atoms with E-state index in [2.05, 4.69) is 0 Å². The number of benzene rings is 2. The lowest BCUT2D eigenvalue weighted by molar-refractivity contribution is 0.0470. The highest BCUT2D eigenvalue weighted by molar-refractivity contribution is 5.93. The summed E-state index contributed by atoms with van der Waals surface area (Å²) < 4.78 is 15.3. The van der Waals surface area contributed by atoms with Crippen LogP contribution in [0.3, 0.4) is 0 Å². The molecule has 134 valence electrons. The molecule has 7 nitrogen and oxygen atoms in total. The maximum Gasteiger partial charge on any atom is 0.342 e. The molecule has 2 N–H and O–H groups in total. The highest BCUT2D eigenvalue weighted by Gasteiger charge is 2.16. The molecule has 0 atom stereocenters. The van der Waals surface area contributed by atoms with Crippen LogP contribution in [0.15, 0.2) is 45.6 Å². The summed E-state index contributed by atoms with van der Waals surface area (Å²) in [5.74, 6) is -0.617. The third kappa shape index (κ3) is 3.19. The van der Waals surface area contributed by atoms with Gasteiger partial charge in [0.25, 0.3) is 0 Å². The van der Waals surface area contributed by atoms with Gasteiger partial charge in [0.1, 0.15) is 35.0 Å². The maximum absolute atomic E-state index is 12.2. The number of carbonyl (C=O) groups is 1. The smallest absolute Gasteiger partial charge is 0.342 e. The minimum Gasteiger partial charge on any atom is -0.508 e. The van der Waals surface area contributed by atoms with Crippen LogP contribution in [0.25, 0.3) is 11.0 Å². The fourth-order valence-electron chi connectivity index (χ4n) is 2.57. The van der Waals surface area contributed by atoms with E-state index in [1.165, 1.54) is 37.4 Å². The fourth-order valence-corrected chi connectivity index (χ4v) is 2.57. The fraction of sp³-hybridized carbons (Fsp3) is 0.158. The molecule has 0 saturated heterocycles. The number of methoxy groups -OCH3 is 1. The molecule has 0 radical (unpaired) electrons. The average Bonchev–Trinajstić information content (AvgIpc) is 2.62. The second kappa shape index (κ2) is 6.79. The van der Waals surface area contributed by atoms with Crippen molar-refractivity contribution in [2.45, 2.75) is 13.5 Å². The number of phenolic OH excluding ortho intramolecular Hbond substituents is 2. The molecule has 0 saturated carbocycles. The second-order valence-corrected chi connectivity index (χ2v) is 5.64. The molecule has 2 aromatic carbocycles. The lowest BCUT2D eigenvalue weighted by Crippen LogP contribution is -2.08. The van der Waals surface area contributed by atoms with Gasteiger partial charge in [-0.25, -0.2) is 9.59 Å². The van der Waals surface area contributed by atoms with E-state index in [9.17, 15) is 19.8 Å². The topological polar surface area (TPSA) is 106 Å². The number of fused-ring (bicyclic) bond motifs is 1. The summed E-state index contributed by atoms with van der Waals surface area (Å²) in [5.41, 5.74) is 0.438. The van der Waals surface area contributed by atoms with E-state index < -0.39 is 11.6 Å². The van der Waals surface area contributed by atoms with Gasteiger partial charge < -0.3 is 24.1 Å². The number of hydrogen-bond acceptors (Lipinski definition) is 7. The van der Waals surface area contributed by atoms with E-state index >= 15 is 0 Å². The number of ether oxygens (including phenoxy) is 2. The highest BCUT2D eigenvalue weighted by atomic mass is 16.5. The predicted octanol–water partition coefficient (Wildman–Crippen LogP) is 2.88. The van der Waals surface area contributed by atoms with Crippen LogP contribution in [0.1, 0.15) is 21.5 Å². The molecule has 0 unspecified atom stereocenters. The molecule has 0 aliphatic rings. The SMILES string of the molecule is COc1ccc(C(=O)OCc2cc(=O)oc3c(C)c(O)ccc23)c(O)c1. The Morgan fingerprint density at radius 2 is 1.88 bits per heavy atom. The molecule has 0 fully saturated rings. The van der Waals surface area contributed by atoms with Crippen molar-refractivity contribution in [3.63, 3.8) is 0 Å². The summed E-state index contributed by atoms with van der Waals surface area (Å²) >= 11 is 0. The number of aryl methyl sites for hydroxylation is 1. The molecule has 26 heavy (non-hydrogen) atoms. The summed E-state index contributed by atoms with van der Waals surface area (Å²) in [6, 6.07) is 8.48. The first kappa shape index (κ1) is 17.3. The molecule has 3 rings (SSSR count). The van der Waals surface area contributed by atoms with Crippen LogP contribution in [-0.2, 0) is 11.3 Å². The molecule has 0 amide bonds. The number of esters is 1. The van der Waals surface area contributed by atoms with Gasteiger partial charge in [-0.05, 0) is 31.2 Å². The van der Waals surface area contributed by atoms with Crippen molar-refractivity contribution in [2.75, 3.05) is 7.11 Å². The Bertz CT molecular complexity index is 1050. The summed E-state index contributed by atoms with van der Waals surface area (Å²) in [4.78, 5) is 24.0. The van der Waals surface area contributed by atoms with Crippen LogP contribution >= 0.6 is 0 Å². The molecule has 0 aliphatic heterocycles. The predicted molar refractivity (Wildman–Crippen MR) is 92.7 cm³/mol. The van der Waals surface area contributed by atoms with Crippen LogP contribution in [0.4, 0.5) is 0 Å². The minimum absolute atomic E-state index is 0.00190. The Labute approximate surface area is 148 Å². The van der Waals surface area contributed by atoms with Crippen molar-refractivity contribution in [3.05, 3.63) is 63.5 Å². The number of phenols is 2. The van der Waals surface area contributed by atoms with Gasteiger partial charge in [0.05, 0.1) is 7.11 Å². The summed E-state index contributed by atoms with van der Waals surface area (Å²) in [5, 5.41) is 20.2. The summed E-state index contributed by atoms with van der Waals surface area (Å²) in [7, 11) is 1.44. The Morgan fingerprint density at radius 3 is 2.58 bits per heavy atom. The Hall–Kier alpha value is -3.48. The molecular weight excluding hydrogens is 340 g/mol. The van der Waals surface area contributed by atoms with Crippen LogP contribution in [0, 0.1) is 6.92 Å². The number of aromatic hydroxyl groups is 2. The first-order valence-corrected chi connectivity index (χ1v) is 7.70. The highest BCUT2D eigenvalue weighted by Crippen LogP contribution is 2.28. The standard InChI is InChI=1S/C19H16O7/c1-10-15(20)6-5-13-11(7-17(22)26-18(10)13)9-25-19(23)14-4-3-12(24-2)8-16(14)21/h3-8,20-21H,9H2,1-2H3. The Morgan fingerprint density at radius 1 is 1.12 bits per heavy atom. The minimum atomic E-state index is -0.748. The second-order valence-electron chi connectivity index (χ2n) is 5.64. The van der Waals surface area contributed by atoms with E-state index in [0.29, 0.717) is 22.3 Å². The third-order valence-corrected chi connectivity index (χ3v) is 4.00. The van der Waals surface area contributed by atoms with Crippen LogP contribution in [-0.4, -0.2) is 23.3 Å². The van der Waals surface area contributed by atoms with Gasteiger partial charge in [-0.1, -0.05) is 0 Å². The molecule has 1 heterocycles. The average molecular weight is 356 g/mol. The molecule has 0 spiro atoms. The largest absolute Gasteiger partial charge is 0.508 e. The van der Waals surface area contributed by atoms with Crippen molar-refractivity contribution in [3.8, 4) is 17.2 Å². The normalized spacial score (nSPS) is 10.7. The lowest BCUT2D eigenvalue weighted by atomic mass is 10.1. The number of carbonyl (C=O) groups excluding carboxylic acids is 1. The van der Waals surface area contributed by atoms with Gasteiger partial charge in [0.2, 0.25) is 0 Å². The van der Waals surface area contributed by atoms with Crippen molar-refractivity contribution >= 4 is 16.9 Å². The molecule has 3 aromatic rings. The Balaban J connectivity index is 1.89. The van der Waals surface area contributed by atoms with Crippen LogP contribution in [0.5, 0.6) is 17.2 Å². The zero-order valence-electron chi connectivity index (χ0n) is 14.1. The van der Waals surface area contributed by atoms with Crippen molar-refractivity contribution in [1.82, 2.24) is 0 Å². The third-order valence-electron chi connectivity index (χ3n) is 4.00. The van der Waals surface area contributed by atoms with Gasteiger partial charge in [0, 0.05) is 28.6 Å². The monoisotopic (exact) mass is 356 g/mol. The van der Waals surface area contributed by atoms with Gasteiger partial charge in [0.15, 0.2) is 0 Å². The van der Waals surface area contributed by atoms with E-state index in [0.717, 1.165) is 0 Å². The van der Waals surface area contributed by atoms with Crippen molar-refractivity contribution in [2.24, 2.45) is 0 Å². The van der Waals surface area contributed by atoms with Gasteiger partial charge in [-0.3, -0.25) is 0 Å². The van der Waals surface area contributed by atoms with Crippen molar-refractivity contribution in [1.29, 1.82) is 0 Å². The maximum atomic E-state index is 12.2. The number of rotatable bonds is 4. The lowest BCUT2D eigenvalue weighted by Gasteiger charge is -2.10. The van der Waals surface area contributed by atoms with Crippen molar-refractivity contribution < 1.29 is 28.9 Å². The van der Waals surface area contributed by atoms with Crippen LogP contribution in [0.2, 0.25) is 0 Å². The Kier molecular flexibility index (Phi) is 4.53. The van der Waals surface area contributed by atoms with E-state index in [4.69, 9.17) is 13.9 Å². The van der Waals surface area contributed by atoms with E-state index in [-0.39, 0.29) is 29.3 Å². The summed E-state index contributed by atoms with van der Waals surface area (Å²) in [6.07, 6.45) is 0. The zero-order chi connectivity index (χ0) is 18.8. The first-order valence-electron chi connectivity index (χ1n) is 7.70. The molecule has 7 heteroatoms. The molecular formula is C19H16O7. The van der Waals surface area contributed by atoms with Gasteiger partial charge >= 0.3 is 11.6 Å². The number of hydrogen-bond donors (Lipinski definition) is 2. The molecule has 0 aliphatic carbocycles. The van der Waals surface area contributed by atoms with E-state index in [1.807, 2.05) is 0 Å². The molecule has 0 bridgehead atoms.